The van der Waals surface area contributed by atoms with Gasteiger partial charge < -0.3 is 0 Å². The number of imidazole rings is 1. The Kier molecular flexibility index (Phi) is 1.87. The van der Waals surface area contributed by atoms with Crippen LogP contribution >= 0.6 is 15.9 Å². The Morgan fingerprint density at radius 1 is 1.36 bits per heavy atom. The van der Waals surface area contributed by atoms with Gasteiger partial charge in [-0.2, -0.15) is 0 Å². The summed E-state index contributed by atoms with van der Waals surface area (Å²) in [7, 11) is 0. The predicted molar refractivity (Wildman–Crippen MR) is 59.5 cm³/mol. The van der Waals surface area contributed by atoms with E-state index in [0.29, 0.717) is 5.92 Å². The highest BCUT2D eigenvalue weighted by molar-refractivity contribution is 9.10. The van der Waals surface area contributed by atoms with Gasteiger partial charge >= 0.3 is 0 Å². The molecular weight excluding hydrogens is 240 g/mol. The van der Waals surface area contributed by atoms with Crippen LogP contribution in [0.15, 0.2) is 29.0 Å². The number of hydrogen-bond acceptors (Lipinski definition) is 1. The highest BCUT2D eigenvalue weighted by Gasteiger charge is 2.24. The van der Waals surface area contributed by atoms with E-state index in [1.165, 1.54) is 30.6 Å². The fraction of sp³-hybridized carbons (Fsp3) is 0.364. The molecule has 0 N–H and O–H groups in total. The lowest BCUT2D eigenvalue weighted by Crippen LogP contribution is -2.12. The number of halogens is 1. The Morgan fingerprint density at radius 3 is 2.93 bits per heavy atom. The zero-order valence-corrected chi connectivity index (χ0v) is 9.37. The van der Waals surface area contributed by atoms with Crippen molar-refractivity contribution in [1.29, 1.82) is 0 Å². The molecular formula is C11H11BrN2. The molecule has 2 nitrogen and oxygen atoms in total. The maximum absolute atomic E-state index is 4.51. The van der Waals surface area contributed by atoms with Gasteiger partial charge in [0.05, 0.1) is 16.3 Å². The third-order valence-electron chi connectivity index (χ3n) is 3.00. The van der Waals surface area contributed by atoms with Crippen molar-refractivity contribution in [2.24, 2.45) is 0 Å². The highest BCUT2D eigenvalue weighted by atomic mass is 79.9. The molecule has 72 valence electrons. The first-order valence-corrected chi connectivity index (χ1v) is 5.77. The van der Waals surface area contributed by atoms with Crippen molar-refractivity contribution < 1.29 is 0 Å². The normalized spacial score (nSPS) is 17.2. The summed E-state index contributed by atoms with van der Waals surface area (Å²) in [4.78, 5) is 4.51. The SMILES string of the molecule is Brc1cccc2cnc(C3CCC3)n12. The van der Waals surface area contributed by atoms with E-state index in [-0.39, 0.29) is 0 Å². The average Bonchev–Trinajstić information content (AvgIpc) is 2.47. The Morgan fingerprint density at radius 2 is 2.21 bits per heavy atom. The Labute approximate surface area is 91.1 Å². The van der Waals surface area contributed by atoms with Crippen LogP contribution in [-0.4, -0.2) is 9.38 Å². The van der Waals surface area contributed by atoms with E-state index in [9.17, 15) is 0 Å². The molecule has 2 aromatic rings. The molecule has 1 fully saturated rings. The fourth-order valence-corrected chi connectivity index (χ4v) is 2.52. The highest BCUT2D eigenvalue weighted by Crippen LogP contribution is 2.36. The van der Waals surface area contributed by atoms with Gasteiger partial charge in [0.2, 0.25) is 0 Å². The predicted octanol–water partition coefficient (Wildman–Crippen LogP) is 3.36. The van der Waals surface area contributed by atoms with E-state index >= 15 is 0 Å². The molecule has 2 aromatic heterocycles. The molecule has 0 saturated heterocycles. The van der Waals surface area contributed by atoms with Crippen LogP contribution in [0.5, 0.6) is 0 Å². The molecule has 1 saturated carbocycles. The lowest BCUT2D eigenvalue weighted by Gasteiger charge is -2.24. The van der Waals surface area contributed by atoms with Crippen LogP contribution in [0.1, 0.15) is 31.0 Å². The Balaban J connectivity index is 2.23. The van der Waals surface area contributed by atoms with Crippen molar-refractivity contribution >= 4 is 21.4 Å². The molecule has 0 spiro atoms. The van der Waals surface area contributed by atoms with Gasteiger partial charge in [-0.25, -0.2) is 4.98 Å². The number of hydrogen-bond donors (Lipinski definition) is 0. The summed E-state index contributed by atoms with van der Waals surface area (Å²) in [6, 6.07) is 6.21. The van der Waals surface area contributed by atoms with E-state index in [1.54, 1.807) is 0 Å². The first kappa shape index (κ1) is 8.48. The lowest BCUT2D eigenvalue weighted by atomic mass is 9.85. The summed E-state index contributed by atoms with van der Waals surface area (Å²) in [5, 5.41) is 0. The van der Waals surface area contributed by atoms with Crippen molar-refractivity contribution in [3.05, 3.63) is 34.8 Å². The molecule has 0 amide bonds. The van der Waals surface area contributed by atoms with Crippen LogP contribution < -0.4 is 0 Å². The number of pyridine rings is 1. The maximum atomic E-state index is 4.51. The molecule has 1 aliphatic carbocycles. The van der Waals surface area contributed by atoms with E-state index in [4.69, 9.17) is 0 Å². The molecule has 0 aliphatic heterocycles. The number of nitrogens with zero attached hydrogens (tertiary/aromatic N) is 2. The summed E-state index contributed by atoms with van der Waals surface area (Å²) in [5.74, 6) is 1.90. The smallest absolute Gasteiger partial charge is 0.117 e. The minimum Gasteiger partial charge on any atom is -0.290 e. The van der Waals surface area contributed by atoms with E-state index < -0.39 is 0 Å². The first-order valence-electron chi connectivity index (χ1n) is 4.98. The van der Waals surface area contributed by atoms with Crippen molar-refractivity contribution in [3.8, 4) is 0 Å². The quantitative estimate of drug-likeness (QED) is 0.710. The summed E-state index contributed by atoms with van der Waals surface area (Å²) in [6.07, 6.45) is 5.89. The molecule has 0 bridgehead atoms. The molecule has 0 radical (unpaired) electrons. The third-order valence-corrected chi connectivity index (χ3v) is 3.62. The van der Waals surface area contributed by atoms with Gasteiger partial charge in [-0.3, -0.25) is 4.40 Å². The molecule has 2 heterocycles. The standard InChI is InChI=1S/C11H11BrN2/c12-10-6-2-5-9-7-13-11(14(9)10)8-3-1-4-8/h2,5-8H,1,3-4H2. The lowest BCUT2D eigenvalue weighted by molar-refractivity contribution is 0.400. The van der Waals surface area contributed by atoms with Crippen molar-refractivity contribution in [2.45, 2.75) is 25.2 Å². The maximum Gasteiger partial charge on any atom is 0.117 e. The van der Waals surface area contributed by atoms with Crippen LogP contribution in [-0.2, 0) is 0 Å². The topological polar surface area (TPSA) is 17.3 Å². The summed E-state index contributed by atoms with van der Waals surface area (Å²) in [5.41, 5.74) is 1.18. The number of rotatable bonds is 1. The monoisotopic (exact) mass is 250 g/mol. The van der Waals surface area contributed by atoms with Crippen LogP contribution in [0.4, 0.5) is 0 Å². The summed E-state index contributed by atoms with van der Waals surface area (Å²) in [6.45, 7) is 0. The molecule has 14 heavy (non-hydrogen) atoms. The van der Waals surface area contributed by atoms with E-state index in [2.05, 4.69) is 37.4 Å². The molecule has 3 heteroatoms. The van der Waals surface area contributed by atoms with E-state index in [1.807, 2.05) is 12.3 Å². The fourth-order valence-electron chi connectivity index (χ4n) is 1.99. The van der Waals surface area contributed by atoms with Gasteiger partial charge in [-0.05, 0) is 40.9 Å². The summed E-state index contributed by atoms with van der Waals surface area (Å²) < 4.78 is 3.32. The zero-order valence-electron chi connectivity index (χ0n) is 7.78. The van der Waals surface area contributed by atoms with Gasteiger partial charge in [-0.1, -0.05) is 12.5 Å². The second-order valence-corrected chi connectivity index (χ2v) is 4.67. The van der Waals surface area contributed by atoms with E-state index in [0.717, 1.165) is 4.60 Å². The number of fused-ring (bicyclic) bond motifs is 1. The second kappa shape index (κ2) is 3.09. The minimum atomic E-state index is 0.677. The largest absolute Gasteiger partial charge is 0.290 e. The van der Waals surface area contributed by atoms with Gasteiger partial charge in [0.15, 0.2) is 0 Å². The van der Waals surface area contributed by atoms with Gasteiger partial charge in [0.1, 0.15) is 5.82 Å². The third kappa shape index (κ3) is 1.12. The summed E-state index contributed by atoms with van der Waals surface area (Å²) >= 11 is 3.57. The molecule has 0 atom stereocenters. The molecule has 0 unspecified atom stereocenters. The molecule has 1 aliphatic rings. The Bertz CT molecular complexity index is 471. The average molecular weight is 251 g/mol. The first-order chi connectivity index (χ1) is 6.86. The minimum absolute atomic E-state index is 0.677. The van der Waals surface area contributed by atoms with Crippen LogP contribution in [0.25, 0.3) is 5.52 Å². The number of aromatic nitrogens is 2. The van der Waals surface area contributed by atoms with Crippen molar-refractivity contribution in [3.63, 3.8) is 0 Å². The second-order valence-electron chi connectivity index (χ2n) is 3.85. The molecule has 3 rings (SSSR count). The van der Waals surface area contributed by atoms with Crippen LogP contribution in [0.2, 0.25) is 0 Å². The van der Waals surface area contributed by atoms with Crippen molar-refractivity contribution in [2.75, 3.05) is 0 Å². The van der Waals surface area contributed by atoms with Gasteiger partial charge in [0, 0.05) is 5.92 Å². The zero-order chi connectivity index (χ0) is 9.54. The Hall–Kier alpha value is -0.830. The van der Waals surface area contributed by atoms with Crippen LogP contribution in [0.3, 0.4) is 0 Å². The van der Waals surface area contributed by atoms with Crippen LogP contribution in [0, 0.1) is 0 Å². The van der Waals surface area contributed by atoms with Gasteiger partial charge in [0.25, 0.3) is 0 Å². The van der Waals surface area contributed by atoms with Crippen molar-refractivity contribution in [1.82, 2.24) is 9.38 Å². The van der Waals surface area contributed by atoms with Gasteiger partial charge in [-0.15, -0.1) is 0 Å². The molecule has 0 aromatic carbocycles.